The molecule has 2 aliphatic rings. The van der Waals surface area contributed by atoms with Gasteiger partial charge >= 0.3 is 6.18 Å². The smallest absolute Gasteiger partial charge is 0.365 e. The van der Waals surface area contributed by atoms with Crippen LogP contribution in [0.2, 0.25) is 0 Å². The summed E-state index contributed by atoms with van der Waals surface area (Å²) in [5.41, 5.74) is 2.00. The molecule has 0 aliphatic carbocycles. The maximum absolute atomic E-state index is 12.8. The highest BCUT2D eigenvalue weighted by atomic mass is 19.4. The summed E-state index contributed by atoms with van der Waals surface area (Å²) in [4.78, 5) is 27.1. The van der Waals surface area contributed by atoms with Gasteiger partial charge in [-0.3, -0.25) is 19.8 Å². The molecular formula is C22H23F3N4O3. The van der Waals surface area contributed by atoms with Crippen LogP contribution < -0.4 is 10.2 Å². The third-order valence-electron chi connectivity index (χ3n) is 5.91. The molecule has 0 bridgehead atoms. The number of amides is 1. The second-order valence-corrected chi connectivity index (χ2v) is 8.11. The Kier molecular flexibility index (Phi) is 6.05. The van der Waals surface area contributed by atoms with E-state index in [4.69, 9.17) is 0 Å². The van der Waals surface area contributed by atoms with Gasteiger partial charge in [0.15, 0.2) is 0 Å². The van der Waals surface area contributed by atoms with Crippen LogP contribution >= 0.6 is 0 Å². The average molecular weight is 448 g/mol. The summed E-state index contributed by atoms with van der Waals surface area (Å²) < 4.78 is 38.3. The molecule has 1 amide bonds. The standard InChI is InChI=1S/C22H23F3N4O3/c23-22(24,25)17-5-2-15(3-6-17)14-27-8-1-9-28(11-10-27)19-13-18-16(4-7-21(30)26-18)12-20(19)29(31)32/h2-3,5-6,12-13H,1,4,7-11,14H2,(H,26,30). The molecule has 4 rings (SSSR count). The minimum atomic E-state index is -4.36. The Balaban J connectivity index is 1.48. The van der Waals surface area contributed by atoms with Gasteiger partial charge in [0.05, 0.1) is 10.5 Å². The summed E-state index contributed by atoms with van der Waals surface area (Å²) >= 11 is 0. The molecule has 0 aromatic heterocycles. The summed E-state index contributed by atoms with van der Waals surface area (Å²) in [6.45, 7) is 2.99. The van der Waals surface area contributed by atoms with Gasteiger partial charge in [-0.15, -0.1) is 0 Å². The molecule has 170 valence electrons. The first-order chi connectivity index (χ1) is 15.2. The predicted octanol–water partition coefficient (Wildman–Crippen LogP) is 4.21. The maximum atomic E-state index is 12.8. The molecule has 7 nitrogen and oxygen atoms in total. The fraction of sp³-hybridized carbons (Fsp3) is 0.409. The van der Waals surface area contributed by atoms with Gasteiger partial charge < -0.3 is 10.2 Å². The summed E-state index contributed by atoms with van der Waals surface area (Å²) in [5.74, 6) is -0.101. The molecule has 2 heterocycles. The lowest BCUT2D eigenvalue weighted by Crippen LogP contribution is -2.31. The largest absolute Gasteiger partial charge is 0.416 e. The third-order valence-corrected chi connectivity index (χ3v) is 5.91. The Morgan fingerprint density at radius 1 is 1.03 bits per heavy atom. The van der Waals surface area contributed by atoms with Crippen molar-refractivity contribution in [3.8, 4) is 0 Å². The van der Waals surface area contributed by atoms with Crippen molar-refractivity contribution < 1.29 is 22.9 Å². The molecule has 10 heteroatoms. The first kappa shape index (κ1) is 22.1. The summed E-state index contributed by atoms with van der Waals surface area (Å²) in [6, 6.07) is 8.39. The molecule has 2 aromatic carbocycles. The van der Waals surface area contributed by atoms with Crippen LogP contribution in [0.4, 0.5) is 30.2 Å². The molecule has 0 atom stereocenters. The van der Waals surface area contributed by atoms with E-state index in [1.54, 1.807) is 12.1 Å². The molecule has 32 heavy (non-hydrogen) atoms. The van der Waals surface area contributed by atoms with Crippen molar-refractivity contribution in [2.45, 2.75) is 32.0 Å². The first-order valence-electron chi connectivity index (χ1n) is 10.5. The quantitative estimate of drug-likeness (QED) is 0.560. The second-order valence-electron chi connectivity index (χ2n) is 8.11. The maximum Gasteiger partial charge on any atom is 0.416 e. The van der Waals surface area contributed by atoms with Crippen molar-refractivity contribution in [2.75, 3.05) is 36.4 Å². The van der Waals surface area contributed by atoms with Gasteiger partial charge in [-0.2, -0.15) is 13.2 Å². The highest BCUT2D eigenvalue weighted by molar-refractivity contribution is 5.95. The van der Waals surface area contributed by atoms with E-state index in [1.165, 1.54) is 12.1 Å². The number of hydrogen-bond donors (Lipinski definition) is 1. The number of nitrogens with zero attached hydrogens (tertiary/aromatic N) is 3. The number of nitro benzene ring substituents is 1. The molecule has 1 N–H and O–H groups in total. The predicted molar refractivity (Wildman–Crippen MR) is 114 cm³/mol. The van der Waals surface area contributed by atoms with Crippen molar-refractivity contribution in [2.24, 2.45) is 0 Å². The number of alkyl halides is 3. The van der Waals surface area contributed by atoms with E-state index in [1.807, 2.05) is 4.90 Å². The fourth-order valence-corrected chi connectivity index (χ4v) is 4.23. The van der Waals surface area contributed by atoms with Crippen molar-refractivity contribution in [3.63, 3.8) is 0 Å². The zero-order valence-electron chi connectivity index (χ0n) is 17.3. The number of benzene rings is 2. The van der Waals surface area contributed by atoms with Gasteiger partial charge in [-0.25, -0.2) is 0 Å². The third kappa shape index (κ3) is 4.85. The number of rotatable bonds is 4. The van der Waals surface area contributed by atoms with Crippen molar-refractivity contribution in [1.29, 1.82) is 0 Å². The summed E-state index contributed by atoms with van der Waals surface area (Å²) in [7, 11) is 0. The highest BCUT2D eigenvalue weighted by Crippen LogP contribution is 2.37. The van der Waals surface area contributed by atoms with E-state index in [-0.39, 0.29) is 11.6 Å². The summed E-state index contributed by atoms with van der Waals surface area (Å²) in [5, 5.41) is 14.5. The minimum absolute atomic E-state index is 0.0242. The number of halogens is 3. The lowest BCUT2D eigenvalue weighted by Gasteiger charge is -2.26. The number of nitro groups is 1. The topological polar surface area (TPSA) is 78.7 Å². The number of carbonyl (C=O) groups excluding carboxylic acids is 1. The van der Waals surface area contributed by atoms with Crippen LogP contribution in [0.1, 0.15) is 29.5 Å². The summed E-state index contributed by atoms with van der Waals surface area (Å²) in [6.07, 6.45) is -2.82. The lowest BCUT2D eigenvalue weighted by molar-refractivity contribution is -0.384. The van der Waals surface area contributed by atoms with E-state index in [0.29, 0.717) is 50.4 Å². The average Bonchev–Trinajstić information content (AvgIpc) is 2.98. The first-order valence-corrected chi connectivity index (χ1v) is 10.5. The zero-order valence-corrected chi connectivity index (χ0v) is 17.3. The SMILES string of the molecule is O=C1CCc2cc([N+](=O)[O-])c(N3CCCN(Cc4ccc(C(F)(F)F)cc4)CC3)cc2N1. The molecule has 1 saturated heterocycles. The van der Waals surface area contributed by atoms with Crippen molar-refractivity contribution >= 4 is 23.0 Å². The van der Waals surface area contributed by atoms with Gasteiger partial charge in [0.1, 0.15) is 5.69 Å². The Labute approximate surface area is 183 Å². The van der Waals surface area contributed by atoms with Gasteiger partial charge in [-0.1, -0.05) is 12.1 Å². The van der Waals surface area contributed by atoms with Crippen LogP contribution in [0.25, 0.3) is 0 Å². The van der Waals surface area contributed by atoms with Crippen LogP contribution in [0.3, 0.4) is 0 Å². The molecule has 0 unspecified atom stereocenters. The van der Waals surface area contributed by atoms with Crippen molar-refractivity contribution in [3.05, 3.63) is 63.2 Å². The van der Waals surface area contributed by atoms with Gasteiger partial charge in [0, 0.05) is 50.9 Å². The zero-order chi connectivity index (χ0) is 22.9. The molecular weight excluding hydrogens is 425 g/mol. The monoisotopic (exact) mass is 448 g/mol. The number of aryl methyl sites for hydroxylation is 1. The Morgan fingerprint density at radius 2 is 1.78 bits per heavy atom. The Morgan fingerprint density at radius 3 is 2.47 bits per heavy atom. The van der Waals surface area contributed by atoms with Gasteiger partial charge in [0.25, 0.3) is 5.69 Å². The van der Waals surface area contributed by atoms with E-state index in [0.717, 1.165) is 36.2 Å². The normalized spacial score (nSPS) is 17.5. The molecule has 0 spiro atoms. The van der Waals surface area contributed by atoms with Gasteiger partial charge in [-0.05, 0) is 42.2 Å². The van der Waals surface area contributed by atoms with Crippen LogP contribution in [0.5, 0.6) is 0 Å². The molecule has 0 radical (unpaired) electrons. The van der Waals surface area contributed by atoms with E-state index in [2.05, 4.69) is 10.2 Å². The number of nitrogens with one attached hydrogen (secondary N) is 1. The van der Waals surface area contributed by atoms with Crippen LogP contribution in [-0.2, 0) is 23.9 Å². The van der Waals surface area contributed by atoms with E-state index in [9.17, 15) is 28.1 Å². The Bertz CT molecular complexity index is 1020. The van der Waals surface area contributed by atoms with Gasteiger partial charge in [0.2, 0.25) is 5.91 Å². The Hall–Kier alpha value is -3.14. The van der Waals surface area contributed by atoms with Crippen LogP contribution in [-0.4, -0.2) is 41.9 Å². The number of carbonyl (C=O) groups is 1. The number of fused-ring (bicyclic) bond motifs is 1. The highest BCUT2D eigenvalue weighted by Gasteiger charge is 2.30. The van der Waals surface area contributed by atoms with Crippen LogP contribution in [0.15, 0.2) is 36.4 Å². The van der Waals surface area contributed by atoms with E-state index < -0.39 is 16.7 Å². The van der Waals surface area contributed by atoms with Crippen molar-refractivity contribution in [1.82, 2.24) is 4.90 Å². The lowest BCUT2D eigenvalue weighted by atomic mass is 10.0. The fourth-order valence-electron chi connectivity index (χ4n) is 4.23. The number of hydrogen-bond acceptors (Lipinski definition) is 5. The van der Waals surface area contributed by atoms with E-state index >= 15 is 0 Å². The molecule has 2 aliphatic heterocycles. The minimum Gasteiger partial charge on any atom is -0.365 e. The number of anilines is 2. The van der Waals surface area contributed by atoms with Crippen LogP contribution in [0, 0.1) is 10.1 Å². The molecule has 1 fully saturated rings. The molecule has 2 aromatic rings. The second kappa shape index (κ2) is 8.78. The molecule has 0 saturated carbocycles.